The summed E-state index contributed by atoms with van der Waals surface area (Å²) in [4.78, 5) is 12.3. The number of methoxy groups -OCH3 is 1. The summed E-state index contributed by atoms with van der Waals surface area (Å²) in [6.07, 6.45) is 3.89. The number of carbonyl (C=O) groups is 1. The van der Waals surface area contributed by atoms with Crippen molar-refractivity contribution in [2.24, 2.45) is 0 Å². The number of nitrogens with one attached hydrogen (secondary N) is 1. The minimum absolute atomic E-state index is 0.140. The third kappa shape index (κ3) is 3.01. The van der Waals surface area contributed by atoms with Crippen LogP contribution in [0.1, 0.15) is 10.4 Å². The van der Waals surface area contributed by atoms with E-state index in [9.17, 15) is 4.79 Å². The van der Waals surface area contributed by atoms with Crippen molar-refractivity contribution < 1.29 is 9.53 Å². The maximum atomic E-state index is 12.3. The van der Waals surface area contributed by atoms with Crippen LogP contribution in [0.5, 0.6) is 5.75 Å². The summed E-state index contributed by atoms with van der Waals surface area (Å²) >= 11 is 0. The molecule has 3 rings (SSSR count). The van der Waals surface area contributed by atoms with Crippen molar-refractivity contribution in [2.45, 2.75) is 0 Å². The molecule has 0 fully saturated rings. The largest absolute Gasteiger partial charge is 0.497 e. The van der Waals surface area contributed by atoms with Crippen LogP contribution in [-0.2, 0) is 0 Å². The van der Waals surface area contributed by atoms with Crippen molar-refractivity contribution in [3.63, 3.8) is 0 Å². The average Bonchev–Trinajstić information content (AvgIpc) is 3.10. The molecule has 1 amide bonds. The van der Waals surface area contributed by atoms with Gasteiger partial charge in [0.1, 0.15) is 5.75 Å². The first-order valence-electron chi connectivity index (χ1n) is 6.95. The van der Waals surface area contributed by atoms with E-state index < -0.39 is 0 Å². The molecule has 1 heterocycles. The number of hydrogen-bond donors (Lipinski definition) is 1. The van der Waals surface area contributed by atoms with E-state index in [1.165, 1.54) is 0 Å². The van der Waals surface area contributed by atoms with Crippen molar-refractivity contribution in [3.05, 3.63) is 78.6 Å². The topological polar surface area (TPSA) is 43.3 Å². The first-order chi connectivity index (χ1) is 10.8. The zero-order valence-electron chi connectivity index (χ0n) is 12.2. The summed E-state index contributed by atoms with van der Waals surface area (Å²) < 4.78 is 7.06. The predicted octanol–water partition coefficient (Wildman–Crippen LogP) is 3.74. The molecule has 0 aliphatic heterocycles. The van der Waals surface area contributed by atoms with E-state index in [1.54, 1.807) is 13.2 Å². The highest BCUT2D eigenvalue weighted by Crippen LogP contribution is 2.17. The second-order valence-corrected chi connectivity index (χ2v) is 4.82. The second kappa shape index (κ2) is 6.18. The van der Waals surface area contributed by atoms with Crippen LogP contribution in [0.25, 0.3) is 5.69 Å². The lowest BCUT2D eigenvalue weighted by molar-refractivity contribution is 0.102. The highest BCUT2D eigenvalue weighted by atomic mass is 16.5. The summed E-state index contributed by atoms with van der Waals surface area (Å²) in [7, 11) is 1.61. The van der Waals surface area contributed by atoms with E-state index in [0.29, 0.717) is 5.56 Å². The van der Waals surface area contributed by atoms with E-state index in [1.807, 2.05) is 71.6 Å². The van der Waals surface area contributed by atoms with Gasteiger partial charge in [-0.05, 0) is 54.6 Å². The number of carbonyl (C=O) groups excluding carboxylic acids is 1. The molecule has 4 heteroatoms. The van der Waals surface area contributed by atoms with Gasteiger partial charge in [0.05, 0.1) is 7.11 Å². The first-order valence-corrected chi connectivity index (χ1v) is 6.95. The molecule has 0 radical (unpaired) electrons. The quantitative estimate of drug-likeness (QED) is 0.796. The van der Waals surface area contributed by atoms with E-state index in [4.69, 9.17) is 4.74 Å². The van der Waals surface area contributed by atoms with Gasteiger partial charge in [0.15, 0.2) is 0 Å². The van der Waals surface area contributed by atoms with Crippen LogP contribution in [0.3, 0.4) is 0 Å². The summed E-state index contributed by atoms with van der Waals surface area (Å²) in [6.45, 7) is 0. The number of ether oxygens (including phenoxy) is 1. The highest BCUT2D eigenvalue weighted by Gasteiger charge is 2.07. The molecule has 2 aromatic carbocycles. The summed E-state index contributed by atoms with van der Waals surface area (Å²) in [5.41, 5.74) is 2.30. The Labute approximate surface area is 129 Å². The van der Waals surface area contributed by atoms with Gasteiger partial charge >= 0.3 is 0 Å². The van der Waals surface area contributed by atoms with Crippen LogP contribution in [-0.4, -0.2) is 17.6 Å². The van der Waals surface area contributed by atoms with Gasteiger partial charge in [-0.1, -0.05) is 6.07 Å². The number of benzene rings is 2. The molecule has 0 atom stereocenters. The van der Waals surface area contributed by atoms with Gasteiger partial charge in [-0.3, -0.25) is 4.79 Å². The molecule has 0 spiro atoms. The molecule has 0 bridgehead atoms. The van der Waals surface area contributed by atoms with Gasteiger partial charge in [0.2, 0.25) is 0 Å². The van der Waals surface area contributed by atoms with E-state index in [2.05, 4.69) is 5.32 Å². The number of hydrogen-bond acceptors (Lipinski definition) is 2. The fourth-order valence-corrected chi connectivity index (χ4v) is 2.19. The van der Waals surface area contributed by atoms with Gasteiger partial charge in [0, 0.05) is 29.3 Å². The molecular weight excluding hydrogens is 276 g/mol. The Hall–Kier alpha value is -3.01. The fourth-order valence-electron chi connectivity index (χ4n) is 2.19. The van der Waals surface area contributed by atoms with Crippen molar-refractivity contribution in [1.29, 1.82) is 0 Å². The Balaban J connectivity index is 1.78. The Morgan fingerprint density at radius 2 is 1.73 bits per heavy atom. The number of amides is 1. The summed E-state index contributed by atoms with van der Waals surface area (Å²) in [5.74, 6) is 0.617. The Morgan fingerprint density at radius 3 is 2.41 bits per heavy atom. The molecule has 0 saturated carbocycles. The molecule has 3 aromatic rings. The van der Waals surface area contributed by atoms with Gasteiger partial charge in [-0.2, -0.15) is 0 Å². The molecule has 0 saturated heterocycles. The lowest BCUT2D eigenvalue weighted by Crippen LogP contribution is -2.12. The summed E-state index contributed by atoms with van der Waals surface area (Å²) in [5, 5.41) is 2.88. The Bertz CT molecular complexity index is 762. The molecule has 0 aliphatic rings. The maximum absolute atomic E-state index is 12.3. The summed E-state index contributed by atoms with van der Waals surface area (Å²) in [6, 6.07) is 18.6. The van der Waals surface area contributed by atoms with Gasteiger partial charge in [-0.25, -0.2) is 0 Å². The maximum Gasteiger partial charge on any atom is 0.255 e. The lowest BCUT2D eigenvalue weighted by Gasteiger charge is -2.08. The van der Waals surface area contributed by atoms with Crippen LogP contribution in [0, 0.1) is 0 Å². The van der Waals surface area contributed by atoms with Gasteiger partial charge in [0.25, 0.3) is 5.91 Å². The average molecular weight is 292 g/mol. The minimum Gasteiger partial charge on any atom is -0.497 e. The smallest absolute Gasteiger partial charge is 0.255 e. The molecule has 110 valence electrons. The third-order valence-electron chi connectivity index (χ3n) is 3.36. The molecule has 22 heavy (non-hydrogen) atoms. The number of rotatable bonds is 4. The predicted molar refractivity (Wildman–Crippen MR) is 86.7 cm³/mol. The van der Waals surface area contributed by atoms with Crippen LogP contribution < -0.4 is 10.1 Å². The van der Waals surface area contributed by atoms with E-state index in [0.717, 1.165) is 17.1 Å². The molecule has 4 nitrogen and oxygen atoms in total. The van der Waals surface area contributed by atoms with Gasteiger partial charge < -0.3 is 14.6 Å². The van der Waals surface area contributed by atoms with E-state index >= 15 is 0 Å². The SMILES string of the molecule is COc1ccc(NC(=O)c2cccc(-n3cccc3)c2)cc1. The number of anilines is 1. The third-order valence-corrected chi connectivity index (χ3v) is 3.36. The van der Waals surface area contributed by atoms with Crippen molar-refractivity contribution in [3.8, 4) is 11.4 Å². The van der Waals surface area contributed by atoms with Crippen molar-refractivity contribution in [1.82, 2.24) is 4.57 Å². The second-order valence-electron chi connectivity index (χ2n) is 4.82. The molecule has 1 N–H and O–H groups in total. The lowest BCUT2D eigenvalue weighted by atomic mass is 10.2. The van der Waals surface area contributed by atoms with Gasteiger partial charge in [-0.15, -0.1) is 0 Å². The van der Waals surface area contributed by atoms with Crippen LogP contribution in [0.4, 0.5) is 5.69 Å². The monoisotopic (exact) mass is 292 g/mol. The molecular formula is C18H16N2O2. The van der Waals surface area contributed by atoms with Crippen molar-refractivity contribution in [2.75, 3.05) is 12.4 Å². The standard InChI is InChI=1S/C18H16N2O2/c1-22-17-9-7-15(8-10-17)19-18(21)14-5-4-6-16(13-14)20-11-2-3-12-20/h2-13H,1H3,(H,19,21). The van der Waals surface area contributed by atoms with Crippen LogP contribution in [0.2, 0.25) is 0 Å². The fraction of sp³-hybridized carbons (Fsp3) is 0.0556. The van der Waals surface area contributed by atoms with Crippen LogP contribution >= 0.6 is 0 Å². The molecule has 0 unspecified atom stereocenters. The normalized spacial score (nSPS) is 10.2. The number of aromatic nitrogens is 1. The molecule has 0 aliphatic carbocycles. The van der Waals surface area contributed by atoms with Crippen molar-refractivity contribution >= 4 is 11.6 Å². The van der Waals surface area contributed by atoms with Crippen LogP contribution in [0.15, 0.2) is 73.1 Å². The Morgan fingerprint density at radius 1 is 1.00 bits per heavy atom. The molecule has 1 aromatic heterocycles. The first kappa shape index (κ1) is 13.9. The number of nitrogens with zero attached hydrogens (tertiary/aromatic N) is 1. The highest BCUT2D eigenvalue weighted by molar-refractivity contribution is 6.04. The zero-order valence-corrected chi connectivity index (χ0v) is 12.2. The minimum atomic E-state index is -0.140. The Kier molecular flexibility index (Phi) is 3.92. The zero-order chi connectivity index (χ0) is 15.4. The van der Waals surface area contributed by atoms with E-state index in [-0.39, 0.29) is 5.91 Å².